The van der Waals surface area contributed by atoms with E-state index in [4.69, 9.17) is 5.73 Å². The Morgan fingerprint density at radius 2 is 2.08 bits per heavy atom. The molecule has 0 aromatic carbocycles. The number of nitrogens with one attached hydrogen (secondary N) is 1. The van der Waals surface area contributed by atoms with Crippen LogP contribution < -0.4 is 11.2 Å². The highest BCUT2D eigenvalue weighted by molar-refractivity contribution is 5.85. The molecule has 1 aromatic rings. The number of aromatic nitrogens is 1. The van der Waals surface area contributed by atoms with Gasteiger partial charge in [-0.2, -0.15) is 0 Å². The van der Waals surface area contributed by atoms with Gasteiger partial charge in [0, 0.05) is 29.6 Å². The number of halogens is 1. The third-order valence-corrected chi connectivity index (χ3v) is 1.69. The highest BCUT2D eigenvalue weighted by atomic mass is 35.5. The molecule has 4 heteroatoms. The zero-order valence-electron chi connectivity index (χ0n) is 7.18. The standard InChI is InChI=1S/C8H12N2O.ClH/c1-5-3-8(11)7(4-9)6(2)10-5;/h3H,4,9H2,1-2H3,(H,10,11);1H. The molecule has 0 radical (unpaired) electrons. The number of rotatable bonds is 1. The van der Waals surface area contributed by atoms with Crippen LogP contribution in [0.2, 0.25) is 0 Å². The average Bonchev–Trinajstić information content (AvgIpc) is 1.85. The van der Waals surface area contributed by atoms with E-state index in [0.717, 1.165) is 11.4 Å². The molecule has 0 spiro atoms. The molecular weight excluding hydrogens is 176 g/mol. The van der Waals surface area contributed by atoms with Gasteiger partial charge in [-0.15, -0.1) is 12.4 Å². The van der Waals surface area contributed by atoms with Crippen LogP contribution in [-0.2, 0) is 6.54 Å². The van der Waals surface area contributed by atoms with Gasteiger partial charge in [-0.25, -0.2) is 0 Å². The van der Waals surface area contributed by atoms with Crippen molar-refractivity contribution in [1.29, 1.82) is 0 Å². The summed E-state index contributed by atoms with van der Waals surface area (Å²) in [5.74, 6) is 0. The van der Waals surface area contributed by atoms with Crippen LogP contribution in [-0.4, -0.2) is 4.98 Å². The van der Waals surface area contributed by atoms with E-state index in [2.05, 4.69) is 4.98 Å². The first-order chi connectivity index (χ1) is 5.15. The Kier molecular flexibility index (Phi) is 4.00. The molecule has 1 heterocycles. The third kappa shape index (κ3) is 2.09. The summed E-state index contributed by atoms with van der Waals surface area (Å²) in [5, 5.41) is 0. The fourth-order valence-corrected chi connectivity index (χ4v) is 1.13. The minimum Gasteiger partial charge on any atom is -0.362 e. The zero-order chi connectivity index (χ0) is 8.43. The molecular formula is C8H13ClN2O. The fraction of sp³-hybridized carbons (Fsp3) is 0.375. The maximum absolute atomic E-state index is 11.2. The monoisotopic (exact) mass is 188 g/mol. The van der Waals surface area contributed by atoms with Crippen molar-refractivity contribution >= 4 is 12.4 Å². The van der Waals surface area contributed by atoms with Crippen LogP contribution in [0.5, 0.6) is 0 Å². The quantitative estimate of drug-likeness (QED) is 0.687. The predicted molar refractivity (Wildman–Crippen MR) is 51.7 cm³/mol. The van der Waals surface area contributed by atoms with E-state index < -0.39 is 0 Å². The van der Waals surface area contributed by atoms with E-state index in [9.17, 15) is 4.79 Å². The van der Waals surface area contributed by atoms with Crippen molar-refractivity contribution in [2.75, 3.05) is 0 Å². The van der Waals surface area contributed by atoms with Gasteiger partial charge in [0.25, 0.3) is 0 Å². The zero-order valence-corrected chi connectivity index (χ0v) is 7.99. The Labute approximate surface area is 77.4 Å². The topological polar surface area (TPSA) is 58.9 Å². The van der Waals surface area contributed by atoms with Gasteiger partial charge in [-0.1, -0.05) is 0 Å². The molecule has 3 N–H and O–H groups in total. The van der Waals surface area contributed by atoms with Crippen molar-refractivity contribution in [3.05, 3.63) is 33.2 Å². The Morgan fingerprint density at radius 3 is 2.50 bits per heavy atom. The van der Waals surface area contributed by atoms with Crippen molar-refractivity contribution in [2.24, 2.45) is 5.73 Å². The lowest BCUT2D eigenvalue weighted by atomic mass is 10.2. The number of hydrogen-bond donors (Lipinski definition) is 2. The summed E-state index contributed by atoms with van der Waals surface area (Å²) < 4.78 is 0. The molecule has 0 bridgehead atoms. The molecule has 0 aliphatic heterocycles. The summed E-state index contributed by atoms with van der Waals surface area (Å²) >= 11 is 0. The highest BCUT2D eigenvalue weighted by Crippen LogP contribution is 1.98. The Balaban J connectivity index is 0.00000121. The van der Waals surface area contributed by atoms with Crippen molar-refractivity contribution in [3.8, 4) is 0 Å². The number of H-pyrrole nitrogens is 1. The molecule has 0 saturated carbocycles. The summed E-state index contributed by atoms with van der Waals surface area (Å²) in [6.07, 6.45) is 0. The average molecular weight is 189 g/mol. The molecule has 12 heavy (non-hydrogen) atoms. The molecule has 0 amide bonds. The van der Waals surface area contributed by atoms with Gasteiger partial charge in [0.2, 0.25) is 0 Å². The van der Waals surface area contributed by atoms with Crippen LogP contribution in [0.1, 0.15) is 17.0 Å². The molecule has 68 valence electrons. The normalized spacial score (nSPS) is 9.25. The number of aromatic amines is 1. The maximum Gasteiger partial charge on any atom is 0.186 e. The van der Waals surface area contributed by atoms with Gasteiger partial charge < -0.3 is 10.7 Å². The van der Waals surface area contributed by atoms with Gasteiger partial charge >= 0.3 is 0 Å². The first kappa shape index (κ1) is 11.2. The van der Waals surface area contributed by atoms with Gasteiger partial charge in [0.1, 0.15) is 0 Å². The number of hydrogen-bond acceptors (Lipinski definition) is 2. The van der Waals surface area contributed by atoms with Gasteiger partial charge in [-0.05, 0) is 13.8 Å². The fourth-order valence-electron chi connectivity index (χ4n) is 1.13. The smallest absolute Gasteiger partial charge is 0.186 e. The first-order valence-electron chi connectivity index (χ1n) is 3.54. The van der Waals surface area contributed by atoms with Crippen molar-refractivity contribution < 1.29 is 0 Å². The summed E-state index contributed by atoms with van der Waals surface area (Å²) in [6, 6.07) is 1.56. The van der Waals surface area contributed by atoms with Crippen LogP contribution in [0, 0.1) is 13.8 Å². The molecule has 0 atom stereocenters. The van der Waals surface area contributed by atoms with E-state index in [0.29, 0.717) is 12.1 Å². The number of aryl methyl sites for hydroxylation is 2. The molecule has 0 unspecified atom stereocenters. The van der Waals surface area contributed by atoms with Gasteiger partial charge in [-0.3, -0.25) is 4.79 Å². The highest BCUT2D eigenvalue weighted by Gasteiger charge is 2.00. The van der Waals surface area contributed by atoms with Crippen molar-refractivity contribution in [1.82, 2.24) is 4.98 Å². The SMILES string of the molecule is Cc1cc(=O)c(CN)c(C)[nH]1.Cl. The molecule has 3 nitrogen and oxygen atoms in total. The Morgan fingerprint density at radius 1 is 1.50 bits per heavy atom. The van der Waals surface area contributed by atoms with Crippen LogP contribution in [0.4, 0.5) is 0 Å². The molecule has 0 fully saturated rings. The van der Waals surface area contributed by atoms with Gasteiger partial charge in [0.15, 0.2) is 5.43 Å². The lowest BCUT2D eigenvalue weighted by Crippen LogP contribution is -2.16. The summed E-state index contributed by atoms with van der Waals surface area (Å²) in [6.45, 7) is 4.02. The largest absolute Gasteiger partial charge is 0.362 e. The maximum atomic E-state index is 11.2. The van der Waals surface area contributed by atoms with E-state index in [1.807, 2.05) is 13.8 Å². The number of pyridine rings is 1. The number of nitrogens with two attached hydrogens (primary N) is 1. The van der Waals surface area contributed by atoms with E-state index in [1.54, 1.807) is 6.07 Å². The third-order valence-electron chi connectivity index (χ3n) is 1.69. The molecule has 0 aliphatic rings. The van der Waals surface area contributed by atoms with Crippen LogP contribution >= 0.6 is 12.4 Å². The van der Waals surface area contributed by atoms with E-state index in [-0.39, 0.29) is 17.8 Å². The minimum atomic E-state index is 0. The van der Waals surface area contributed by atoms with Crippen LogP contribution in [0.3, 0.4) is 0 Å². The van der Waals surface area contributed by atoms with Crippen molar-refractivity contribution in [3.63, 3.8) is 0 Å². The predicted octanol–water partition coefficient (Wildman–Crippen LogP) is 0.872. The molecule has 0 aliphatic carbocycles. The van der Waals surface area contributed by atoms with E-state index in [1.165, 1.54) is 0 Å². The van der Waals surface area contributed by atoms with Crippen molar-refractivity contribution in [2.45, 2.75) is 20.4 Å². The summed E-state index contributed by atoms with van der Waals surface area (Å²) in [7, 11) is 0. The minimum absolute atomic E-state index is 0. The molecule has 1 aromatic heterocycles. The second-order valence-corrected chi connectivity index (χ2v) is 2.62. The Bertz CT molecular complexity index is 319. The van der Waals surface area contributed by atoms with Gasteiger partial charge in [0.05, 0.1) is 0 Å². The summed E-state index contributed by atoms with van der Waals surface area (Å²) in [5.41, 5.74) is 7.84. The Hall–Kier alpha value is -0.800. The lowest BCUT2D eigenvalue weighted by Gasteiger charge is -2.02. The van der Waals surface area contributed by atoms with Crippen LogP contribution in [0.15, 0.2) is 10.9 Å². The van der Waals surface area contributed by atoms with E-state index >= 15 is 0 Å². The van der Waals surface area contributed by atoms with Crippen LogP contribution in [0.25, 0.3) is 0 Å². The molecule has 0 saturated heterocycles. The second kappa shape index (κ2) is 4.28. The summed E-state index contributed by atoms with van der Waals surface area (Å²) in [4.78, 5) is 14.2. The first-order valence-corrected chi connectivity index (χ1v) is 3.54. The lowest BCUT2D eigenvalue weighted by molar-refractivity contribution is 0.972. The molecule has 1 rings (SSSR count). The second-order valence-electron chi connectivity index (χ2n) is 2.62.